The van der Waals surface area contributed by atoms with Crippen LogP contribution in [0.25, 0.3) is 0 Å². The average Bonchev–Trinajstić information content (AvgIpc) is 2.93. The van der Waals surface area contributed by atoms with Crippen molar-refractivity contribution in [3.8, 4) is 0 Å². The number of amides is 1. The van der Waals surface area contributed by atoms with Crippen molar-refractivity contribution in [3.05, 3.63) is 53.9 Å². The summed E-state index contributed by atoms with van der Waals surface area (Å²) in [4.78, 5) is 11.6. The molecule has 0 radical (unpaired) electrons. The minimum atomic E-state index is -0.0669. The van der Waals surface area contributed by atoms with Crippen molar-refractivity contribution >= 4 is 11.6 Å². The molecule has 0 fully saturated rings. The van der Waals surface area contributed by atoms with Gasteiger partial charge in [-0.3, -0.25) is 4.79 Å². The lowest BCUT2D eigenvalue weighted by Crippen LogP contribution is -2.17. The summed E-state index contributed by atoms with van der Waals surface area (Å²) in [6, 6.07) is 9.64. The molecule has 0 aliphatic rings. The SMILES string of the molecule is CCCn1ccc(CNc2cccc(C(=O)NC)c2)c1. The van der Waals surface area contributed by atoms with Gasteiger partial charge in [-0.15, -0.1) is 0 Å². The first-order valence-electron chi connectivity index (χ1n) is 6.93. The van der Waals surface area contributed by atoms with Gasteiger partial charge in [0.05, 0.1) is 0 Å². The monoisotopic (exact) mass is 271 g/mol. The molecule has 1 heterocycles. The fraction of sp³-hybridized carbons (Fsp3) is 0.312. The fourth-order valence-electron chi connectivity index (χ4n) is 2.11. The molecule has 0 spiro atoms. The molecule has 1 aromatic heterocycles. The third-order valence-electron chi connectivity index (χ3n) is 3.14. The Kier molecular flexibility index (Phi) is 4.82. The van der Waals surface area contributed by atoms with Crippen molar-refractivity contribution in [2.24, 2.45) is 0 Å². The van der Waals surface area contributed by atoms with E-state index >= 15 is 0 Å². The second kappa shape index (κ2) is 6.80. The van der Waals surface area contributed by atoms with Crippen LogP contribution in [0.4, 0.5) is 5.69 Å². The first-order chi connectivity index (χ1) is 9.72. The van der Waals surface area contributed by atoms with Crippen LogP contribution >= 0.6 is 0 Å². The second-order valence-electron chi connectivity index (χ2n) is 4.77. The Bertz CT molecular complexity index is 575. The Morgan fingerprint density at radius 3 is 2.90 bits per heavy atom. The van der Waals surface area contributed by atoms with E-state index in [1.165, 1.54) is 5.56 Å². The van der Waals surface area contributed by atoms with Gasteiger partial charge in [-0.2, -0.15) is 0 Å². The van der Waals surface area contributed by atoms with Crippen LogP contribution in [0.1, 0.15) is 29.3 Å². The first-order valence-corrected chi connectivity index (χ1v) is 6.93. The standard InChI is InChI=1S/C16H21N3O/c1-3-8-19-9-7-13(12-19)11-18-15-6-4-5-14(10-15)16(20)17-2/h4-7,9-10,12,18H,3,8,11H2,1-2H3,(H,17,20). The molecule has 1 aromatic carbocycles. The molecule has 106 valence electrons. The molecular weight excluding hydrogens is 250 g/mol. The topological polar surface area (TPSA) is 46.1 Å². The van der Waals surface area contributed by atoms with Gasteiger partial charge >= 0.3 is 0 Å². The summed E-state index contributed by atoms with van der Waals surface area (Å²) in [7, 11) is 1.64. The molecule has 4 heteroatoms. The molecule has 2 rings (SSSR count). The number of nitrogens with zero attached hydrogens (tertiary/aromatic N) is 1. The van der Waals surface area contributed by atoms with E-state index < -0.39 is 0 Å². The maximum Gasteiger partial charge on any atom is 0.251 e. The maximum atomic E-state index is 11.6. The number of hydrogen-bond donors (Lipinski definition) is 2. The van der Waals surface area contributed by atoms with Crippen molar-refractivity contribution in [3.63, 3.8) is 0 Å². The third-order valence-corrected chi connectivity index (χ3v) is 3.14. The smallest absolute Gasteiger partial charge is 0.251 e. The van der Waals surface area contributed by atoms with E-state index in [0.29, 0.717) is 5.56 Å². The fourth-order valence-corrected chi connectivity index (χ4v) is 2.11. The summed E-state index contributed by atoms with van der Waals surface area (Å²) in [5.41, 5.74) is 2.86. The van der Waals surface area contributed by atoms with Crippen LogP contribution in [0.3, 0.4) is 0 Å². The molecule has 2 N–H and O–H groups in total. The summed E-state index contributed by atoms with van der Waals surface area (Å²) in [5, 5.41) is 5.97. The summed E-state index contributed by atoms with van der Waals surface area (Å²) in [5.74, 6) is -0.0669. The van der Waals surface area contributed by atoms with Crippen molar-refractivity contribution in [2.75, 3.05) is 12.4 Å². The summed E-state index contributed by atoms with van der Waals surface area (Å²) >= 11 is 0. The van der Waals surface area contributed by atoms with E-state index in [9.17, 15) is 4.79 Å². The number of aryl methyl sites for hydroxylation is 1. The van der Waals surface area contributed by atoms with Crippen molar-refractivity contribution in [1.82, 2.24) is 9.88 Å². The van der Waals surface area contributed by atoms with Crippen molar-refractivity contribution in [2.45, 2.75) is 26.4 Å². The number of carbonyl (C=O) groups excluding carboxylic acids is 1. The van der Waals surface area contributed by atoms with E-state index in [1.807, 2.05) is 24.3 Å². The molecule has 0 unspecified atom stereocenters. The Morgan fingerprint density at radius 1 is 1.30 bits per heavy atom. The maximum absolute atomic E-state index is 11.6. The number of anilines is 1. The van der Waals surface area contributed by atoms with Gasteiger partial charge in [-0.05, 0) is 36.2 Å². The molecule has 0 saturated heterocycles. The number of benzene rings is 1. The molecule has 0 bridgehead atoms. The van der Waals surface area contributed by atoms with Crippen LogP contribution in [0.15, 0.2) is 42.7 Å². The third kappa shape index (κ3) is 3.63. The summed E-state index contributed by atoms with van der Waals surface area (Å²) in [6.07, 6.45) is 5.39. The second-order valence-corrected chi connectivity index (χ2v) is 4.77. The van der Waals surface area contributed by atoms with Gasteiger partial charge in [0, 0.05) is 43.8 Å². The number of nitrogens with one attached hydrogen (secondary N) is 2. The molecule has 4 nitrogen and oxygen atoms in total. The van der Waals surface area contributed by atoms with E-state index in [0.717, 1.165) is 25.2 Å². The average molecular weight is 271 g/mol. The van der Waals surface area contributed by atoms with Crippen LogP contribution in [0.2, 0.25) is 0 Å². The Morgan fingerprint density at radius 2 is 2.15 bits per heavy atom. The quantitative estimate of drug-likeness (QED) is 0.848. The molecule has 2 aromatic rings. The highest BCUT2D eigenvalue weighted by molar-refractivity contribution is 5.94. The largest absolute Gasteiger partial charge is 0.381 e. The predicted octanol–water partition coefficient (Wildman–Crippen LogP) is 2.87. The lowest BCUT2D eigenvalue weighted by atomic mass is 10.2. The van der Waals surface area contributed by atoms with Crippen molar-refractivity contribution in [1.29, 1.82) is 0 Å². The normalized spacial score (nSPS) is 10.3. The highest BCUT2D eigenvalue weighted by Gasteiger charge is 2.03. The summed E-state index contributed by atoms with van der Waals surface area (Å²) < 4.78 is 2.19. The van der Waals surface area contributed by atoms with Gasteiger partial charge in [0.25, 0.3) is 5.91 Å². The number of rotatable bonds is 6. The number of carbonyl (C=O) groups is 1. The minimum absolute atomic E-state index is 0.0669. The molecule has 0 aliphatic heterocycles. The highest BCUT2D eigenvalue weighted by Crippen LogP contribution is 2.12. The molecule has 0 aliphatic carbocycles. The Labute approximate surface area is 119 Å². The Balaban J connectivity index is 1.97. The van der Waals surface area contributed by atoms with Crippen LogP contribution < -0.4 is 10.6 Å². The van der Waals surface area contributed by atoms with Gasteiger partial charge in [-0.25, -0.2) is 0 Å². The van der Waals surface area contributed by atoms with Gasteiger partial charge in [0.2, 0.25) is 0 Å². The van der Waals surface area contributed by atoms with E-state index in [4.69, 9.17) is 0 Å². The minimum Gasteiger partial charge on any atom is -0.381 e. The zero-order chi connectivity index (χ0) is 14.4. The van der Waals surface area contributed by atoms with Crippen LogP contribution in [-0.4, -0.2) is 17.5 Å². The van der Waals surface area contributed by atoms with Crippen LogP contribution in [0, 0.1) is 0 Å². The van der Waals surface area contributed by atoms with E-state index in [1.54, 1.807) is 7.05 Å². The van der Waals surface area contributed by atoms with Crippen molar-refractivity contribution < 1.29 is 4.79 Å². The van der Waals surface area contributed by atoms with Gasteiger partial charge in [-0.1, -0.05) is 13.0 Å². The zero-order valence-electron chi connectivity index (χ0n) is 12.0. The zero-order valence-corrected chi connectivity index (χ0v) is 12.0. The van der Waals surface area contributed by atoms with Gasteiger partial charge < -0.3 is 15.2 Å². The first kappa shape index (κ1) is 14.2. The van der Waals surface area contributed by atoms with E-state index in [-0.39, 0.29) is 5.91 Å². The lowest BCUT2D eigenvalue weighted by molar-refractivity contribution is 0.0963. The van der Waals surface area contributed by atoms with E-state index in [2.05, 4.69) is 40.6 Å². The summed E-state index contributed by atoms with van der Waals surface area (Å²) in [6.45, 7) is 3.97. The molecule has 0 atom stereocenters. The van der Waals surface area contributed by atoms with Gasteiger partial charge in [0.15, 0.2) is 0 Å². The number of aromatic nitrogens is 1. The predicted molar refractivity (Wildman–Crippen MR) is 81.9 cm³/mol. The van der Waals surface area contributed by atoms with Crippen LogP contribution in [0.5, 0.6) is 0 Å². The molecule has 1 amide bonds. The lowest BCUT2D eigenvalue weighted by Gasteiger charge is -2.07. The van der Waals surface area contributed by atoms with Crippen LogP contribution in [-0.2, 0) is 13.1 Å². The number of hydrogen-bond acceptors (Lipinski definition) is 2. The van der Waals surface area contributed by atoms with Gasteiger partial charge in [0.1, 0.15) is 0 Å². The Hall–Kier alpha value is -2.23. The molecule has 0 saturated carbocycles. The highest BCUT2D eigenvalue weighted by atomic mass is 16.1. The molecule has 20 heavy (non-hydrogen) atoms. The molecular formula is C16H21N3O.